The molecule has 0 aromatic carbocycles. The molecule has 0 radical (unpaired) electrons. The van der Waals surface area contributed by atoms with Gasteiger partial charge < -0.3 is 0 Å². The van der Waals surface area contributed by atoms with Crippen LogP contribution in [-0.4, -0.2) is 20.2 Å². The van der Waals surface area contributed by atoms with Crippen LogP contribution in [0.15, 0.2) is 41.0 Å². The van der Waals surface area contributed by atoms with Crippen molar-refractivity contribution in [1.82, 2.24) is 15.0 Å². The third-order valence-corrected chi connectivity index (χ3v) is 5.06. The molecule has 3 aromatic rings. The summed E-state index contributed by atoms with van der Waals surface area (Å²) in [5.41, 5.74) is 4.82. The van der Waals surface area contributed by atoms with Crippen LogP contribution in [0.1, 0.15) is 12.8 Å². The standard InChI is InChI=1S/C14H11N3S2/c1-6-13(19-10-2-3-10)15-7-9(1)11-4-5-12-14(17-11)18-8-16-12/h1,4-8,10H,2-3H2. The number of fused-ring (bicyclic) bond motifs is 1. The van der Waals surface area contributed by atoms with E-state index in [0.717, 1.165) is 31.9 Å². The maximum Gasteiger partial charge on any atom is 0.143 e. The Morgan fingerprint density at radius 1 is 1.11 bits per heavy atom. The normalized spacial score (nSPS) is 14.9. The van der Waals surface area contributed by atoms with Gasteiger partial charge in [-0.25, -0.2) is 15.0 Å². The summed E-state index contributed by atoms with van der Waals surface area (Å²) in [5, 5.41) is 1.91. The van der Waals surface area contributed by atoms with E-state index in [-0.39, 0.29) is 0 Å². The summed E-state index contributed by atoms with van der Waals surface area (Å²) >= 11 is 3.45. The first-order chi connectivity index (χ1) is 9.38. The van der Waals surface area contributed by atoms with E-state index in [1.807, 2.05) is 35.6 Å². The fourth-order valence-electron chi connectivity index (χ4n) is 1.87. The van der Waals surface area contributed by atoms with Crippen LogP contribution >= 0.6 is 23.1 Å². The molecule has 0 spiro atoms. The number of pyridine rings is 2. The van der Waals surface area contributed by atoms with Gasteiger partial charge in [0.15, 0.2) is 0 Å². The third kappa shape index (κ3) is 2.35. The van der Waals surface area contributed by atoms with Crippen LogP contribution in [0.2, 0.25) is 0 Å². The molecule has 1 aliphatic carbocycles. The third-order valence-electron chi connectivity index (χ3n) is 3.04. The van der Waals surface area contributed by atoms with Crippen LogP contribution in [0.25, 0.3) is 21.6 Å². The van der Waals surface area contributed by atoms with Gasteiger partial charge in [0.2, 0.25) is 0 Å². The molecule has 0 bridgehead atoms. The average Bonchev–Trinajstić information content (AvgIpc) is 3.14. The van der Waals surface area contributed by atoms with Gasteiger partial charge in [-0.1, -0.05) is 0 Å². The highest BCUT2D eigenvalue weighted by atomic mass is 32.2. The van der Waals surface area contributed by atoms with Crippen molar-refractivity contribution in [1.29, 1.82) is 0 Å². The van der Waals surface area contributed by atoms with E-state index in [1.54, 1.807) is 11.3 Å². The number of thiazole rings is 1. The monoisotopic (exact) mass is 285 g/mol. The first kappa shape index (κ1) is 11.4. The van der Waals surface area contributed by atoms with E-state index in [0.29, 0.717) is 0 Å². The van der Waals surface area contributed by atoms with Crippen molar-refractivity contribution in [2.75, 3.05) is 0 Å². The predicted octanol–water partition coefficient (Wildman–Crippen LogP) is 4.01. The Kier molecular flexibility index (Phi) is 2.74. The van der Waals surface area contributed by atoms with Crippen molar-refractivity contribution < 1.29 is 0 Å². The van der Waals surface area contributed by atoms with Gasteiger partial charge in [0.05, 0.1) is 21.7 Å². The molecule has 0 unspecified atom stereocenters. The highest BCUT2D eigenvalue weighted by Gasteiger charge is 2.22. The van der Waals surface area contributed by atoms with E-state index in [1.165, 1.54) is 12.8 Å². The van der Waals surface area contributed by atoms with Crippen molar-refractivity contribution in [3.8, 4) is 11.3 Å². The molecule has 3 aromatic heterocycles. The molecule has 0 N–H and O–H groups in total. The second-order valence-corrected chi connectivity index (χ2v) is 6.73. The molecule has 1 aliphatic rings. The van der Waals surface area contributed by atoms with Crippen molar-refractivity contribution >= 4 is 33.4 Å². The van der Waals surface area contributed by atoms with Crippen molar-refractivity contribution in [3.63, 3.8) is 0 Å². The molecule has 94 valence electrons. The van der Waals surface area contributed by atoms with E-state index < -0.39 is 0 Å². The lowest BCUT2D eigenvalue weighted by Gasteiger charge is -2.02. The number of aromatic nitrogens is 3. The molecule has 4 rings (SSSR count). The van der Waals surface area contributed by atoms with Gasteiger partial charge in [-0.3, -0.25) is 0 Å². The van der Waals surface area contributed by atoms with E-state index in [9.17, 15) is 0 Å². The molecule has 3 heterocycles. The first-order valence-electron chi connectivity index (χ1n) is 6.22. The molecule has 0 saturated heterocycles. The van der Waals surface area contributed by atoms with Crippen LogP contribution < -0.4 is 0 Å². The summed E-state index contributed by atoms with van der Waals surface area (Å²) in [5.74, 6) is 0. The second-order valence-electron chi connectivity index (χ2n) is 4.58. The van der Waals surface area contributed by atoms with Gasteiger partial charge in [-0.2, -0.15) is 0 Å². The Labute approximate surface area is 119 Å². The molecule has 0 amide bonds. The zero-order valence-electron chi connectivity index (χ0n) is 10.1. The van der Waals surface area contributed by atoms with E-state index >= 15 is 0 Å². The number of thioether (sulfide) groups is 1. The summed E-state index contributed by atoms with van der Waals surface area (Å²) in [6.45, 7) is 0. The van der Waals surface area contributed by atoms with Crippen LogP contribution in [0, 0.1) is 0 Å². The van der Waals surface area contributed by atoms with E-state index in [2.05, 4.69) is 27.1 Å². The van der Waals surface area contributed by atoms with Gasteiger partial charge in [-0.05, 0) is 37.1 Å². The Bertz CT molecular complexity index is 717. The van der Waals surface area contributed by atoms with Gasteiger partial charge in [-0.15, -0.1) is 23.1 Å². The Balaban J connectivity index is 1.66. The van der Waals surface area contributed by atoms with Crippen molar-refractivity contribution in [2.24, 2.45) is 0 Å². The minimum absolute atomic E-state index is 0.796. The Morgan fingerprint density at radius 3 is 2.84 bits per heavy atom. The highest BCUT2D eigenvalue weighted by molar-refractivity contribution is 8.00. The Morgan fingerprint density at radius 2 is 2.05 bits per heavy atom. The number of rotatable bonds is 3. The summed E-state index contributed by atoms with van der Waals surface area (Å²) in [4.78, 5) is 14.4. The summed E-state index contributed by atoms with van der Waals surface area (Å²) < 4.78 is 0. The van der Waals surface area contributed by atoms with E-state index in [4.69, 9.17) is 0 Å². The minimum atomic E-state index is 0.796. The Hall–Kier alpha value is -1.46. The molecule has 0 atom stereocenters. The molecular formula is C14H11N3S2. The zero-order valence-corrected chi connectivity index (χ0v) is 11.7. The number of hydrogen-bond donors (Lipinski definition) is 0. The second kappa shape index (κ2) is 4.58. The maximum absolute atomic E-state index is 4.62. The molecule has 3 nitrogen and oxygen atoms in total. The molecule has 5 heteroatoms. The van der Waals surface area contributed by atoms with Crippen LogP contribution in [0.4, 0.5) is 0 Å². The predicted molar refractivity (Wildman–Crippen MR) is 79.5 cm³/mol. The number of hydrogen-bond acceptors (Lipinski definition) is 5. The largest absolute Gasteiger partial charge is 0.249 e. The van der Waals surface area contributed by atoms with Gasteiger partial charge in [0.25, 0.3) is 0 Å². The summed E-state index contributed by atoms with van der Waals surface area (Å²) in [6, 6.07) is 8.22. The fraction of sp³-hybridized carbons (Fsp3) is 0.214. The number of nitrogens with zero attached hydrogens (tertiary/aromatic N) is 3. The highest BCUT2D eigenvalue weighted by Crippen LogP contribution is 2.38. The fourth-order valence-corrected chi connectivity index (χ4v) is 3.50. The zero-order chi connectivity index (χ0) is 12.7. The molecule has 1 fully saturated rings. The molecular weight excluding hydrogens is 274 g/mol. The summed E-state index contributed by atoms with van der Waals surface area (Å²) in [6.07, 6.45) is 4.58. The lowest BCUT2D eigenvalue weighted by atomic mass is 10.2. The lowest BCUT2D eigenvalue weighted by molar-refractivity contribution is 1.13. The smallest absolute Gasteiger partial charge is 0.143 e. The van der Waals surface area contributed by atoms with Crippen molar-refractivity contribution in [2.45, 2.75) is 23.1 Å². The maximum atomic E-state index is 4.62. The molecule has 1 saturated carbocycles. The minimum Gasteiger partial charge on any atom is -0.249 e. The van der Waals surface area contributed by atoms with Gasteiger partial charge in [0, 0.05) is 17.0 Å². The topological polar surface area (TPSA) is 38.7 Å². The van der Waals surface area contributed by atoms with Gasteiger partial charge in [0.1, 0.15) is 4.83 Å². The first-order valence-corrected chi connectivity index (χ1v) is 7.98. The summed E-state index contributed by atoms with van der Waals surface area (Å²) in [7, 11) is 0. The molecule has 19 heavy (non-hydrogen) atoms. The van der Waals surface area contributed by atoms with Gasteiger partial charge >= 0.3 is 0 Å². The van der Waals surface area contributed by atoms with Crippen LogP contribution in [0.3, 0.4) is 0 Å². The average molecular weight is 285 g/mol. The lowest BCUT2D eigenvalue weighted by Crippen LogP contribution is -1.86. The SMILES string of the molecule is c1nc2ccc(-c3ccc(SC4CC4)nc3)nc2s1. The van der Waals surface area contributed by atoms with Crippen LogP contribution in [-0.2, 0) is 0 Å². The quantitative estimate of drug-likeness (QED) is 0.729. The van der Waals surface area contributed by atoms with Crippen molar-refractivity contribution in [3.05, 3.63) is 36.0 Å². The molecule has 0 aliphatic heterocycles. The van der Waals surface area contributed by atoms with Crippen LogP contribution in [0.5, 0.6) is 0 Å².